The molecule has 19 heavy (non-hydrogen) atoms. The largest absolute Gasteiger partial charge is 0.241 e. The molecular weight excluding hydrogens is 278 g/mol. The number of aryl methyl sites for hydroxylation is 1. The molecule has 0 saturated carbocycles. The van der Waals surface area contributed by atoms with Gasteiger partial charge in [-0.3, -0.25) is 0 Å². The van der Waals surface area contributed by atoms with Gasteiger partial charge in [-0.2, -0.15) is 0 Å². The van der Waals surface area contributed by atoms with Crippen LogP contribution >= 0.6 is 11.3 Å². The van der Waals surface area contributed by atoms with Crippen LogP contribution in [0.15, 0.2) is 46.7 Å². The molecule has 0 radical (unpaired) electrons. The third kappa shape index (κ3) is 2.59. The fourth-order valence-corrected chi connectivity index (χ4v) is 4.72. The summed E-state index contributed by atoms with van der Waals surface area (Å²) in [6, 6.07) is 10.5. The summed E-state index contributed by atoms with van der Waals surface area (Å²) in [4.78, 5) is 1.64. The predicted molar refractivity (Wildman–Crippen MR) is 76.8 cm³/mol. The van der Waals surface area contributed by atoms with E-state index in [0.29, 0.717) is 4.90 Å². The van der Waals surface area contributed by atoms with Crippen LogP contribution < -0.4 is 4.72 Å². The number of hydrogen-bond acceptors (Lipinski definition) is 3. The number of hydrogen-bond donors (Lipinski definition) is 1. The van der Waals surface area contributed by atoms with Crippen LogP contribution in [0.2, 0.25) is 0 Å². The average Bonchev–Trinajstić information content (AvgIpc) is 2.89. The summed E-state index contributed by atoms with van der Waals surface area (Å²) >= 11 is 1.72. The van der Waals surface area contributed by atoms with Gasteiger partial charge >= 0.3 is 0 Å². The van der Waals surface area contributed by atoms with Crippen LogP contribution in [0.3, 0.4) is 0 Å². The Kier molecular flexibility index (Phi) is 3.43. The Morgan fingerprint density at radius 2 is 1.95 bits per heavy atom. The molecular formula is C14H15NO2S2. The van der Waals surface area contributed by atoms with Gasteiger partial charge in [0.25, 0.3) is 0 Å². The van der Waals surface area contributed by atoms with E-state index in [-0.39, 0.29) is 6.04 Å². The standard InChI is InChI=1S/C14H15NO2S2/c16-19(17,11-5-2-1-3-6-11)15-13-7-4-8-14-12(13)9-10-18-14/h1-3,5-6,9-10,13,15H,4,7-8H2. The van der Waals surface area contributed by atoms with E-state index in [0.717, 1.165) is 24.8 Å². The maximum atomic E-state index is 12.3. The van der Waals surface area contributed by atoms with E-state index < -0.39 is 10.0 Å². The Labute approximate surface area is 117 Å². The van der Waals surface area contributed by atoms with E-state index in [1.54, 1.807) is 35.6 Å². The Morgan fingerprint density at radius 3 is 2.74 bits per heavy atom. The average molecular weight is 293 g/mol. The van der Waals surface area contributed by atoms with Crippen LogP contribution in [0, 0.1) is 0 Å². The maximum absolute atomic E-state index is 12.3. The highest BCUT2D eigenvalue weighted by Gasteiger charge is 2.26. The van der Waals surface area contributed by atoms with Gasteiger partial charge in [-0.15, -0.1) is 11.3 Å². The lowest BCUT2D eigenvalue weighted by Crippen LogP contribution is -2.30. The summed E-state index contributed by atoms with van der Waals surface area (Å²) in [5.74, 6) is 0. The van der Waals surface area contributed by atoms with Gasteiger partial charge in [-0.25, -0.2) is 13.1 Å². The Bertz CT molecular complexity index is 662. The topological polar surface area (TPSA) is 46.2 Å². The van der Waals surface area contributed by atoms with Crippen molar-refractivity contribution in [2.45, 2.75) is 30.2 Å². The van der Waals surface area contributed by atoms with E-state index >= 15 is 0 Å². The molecule has 2 aromatic rings. The minimum absolute atomic E-state index is 0.0831. The van der Waals surface area contributed by atoms with Crippen molar-refractivity contribution in [3.63, 3.8) is 0 Å². The van der Waals surface area contributed by atoms with Crippen molar-refractivity contribution in [1.29, 1.82) is 0 Å². The van der Waals surface area contributed by atoms with Gasteiger partial charge in [0.1, 0.15) is 0 Å². The van der Waals surface area contributed by atoms with Gasteiger partial charge < -0.3 is 0 Å². The third-order valence-electron chi connectivity index (χ3n) is 3.40. The first kappa shape index (κ1) is 12.8. The van der Waals surface area contributed by atoms with Crippen LogP contribution in [0.1, 0.15) is 29.3 Å². The van der Waals surface area contributed by atoms with Gasteiger partial charge in [-0.05, 0) is 48.4 Å². The fourth-order valence-electron chi connectivity index (χ4n) is 2.46. The molecule has 1 heterocycles. The van der Waals surface area contributed by atoms with Gasteiger partial charge in [0, 0.05) is 10.9 Å². The van der Waals surface area contributed by atoms with E-state index in [2.05, 4.69) is 4.72 Å². The van der Waals surface area contributed by atoms with Crippen molar-refractivity contribution in [3.05, 3.63) is 52.2 Å². The number of benzene rings is 1. The maximum Gasteiger partial charge on any atom is 0.241 e. The molecule has 0 aliphatic heterocycles. The summed E-state index contributed by atoms with van der Waals surface area (Å²) in [7, 11) is -3.43. The smallest absolute Gasteiger partial charge is 0.207 e. The molecule has 1 N–H and O–H groups in total. The number of rotatable bonds is 3. The summed E-state index contributed by atoms with van der Waals surface area (Å²) < 4.78 is 27.5. The van der Waals surface area contributed by atoms with Crippen molar-refractivity contribution >= 4 is 21.4 Å². The van der Waals surface area contributed by atoms with Gasteiger partial charge in [0.05, 0.1) is 4.90 Å². The van der Waals surface area contributed by atoms with Crippen molar-refractivity contribution in [1.82, 2.24) is 4.72 Å². The molecule has 0 fully saturated rings. The molecule has 0 saturated heterocycles. The predicted octanol–water partition coefficient (Wildman–Crippen LogP) is 3.10. The highest BCUT2D eigenvalue weighted by molar-refractivity contribution is 7.89. The second-order valence-electron chi connectivity index (χ2n) is 4.68. The van der Waals surface area contributed by atoms with E-state index in [9.17, 15) is 8.42 Å². The zero-order valence-electron chi connectivity index (χ0n) is 10.4. The molecule has 1 aromatic heterocycles. The zero-order valence-corrected chi connectivity index (χ0v) is 12.0. The van der Waals surface area contributed by atoms with E-state index in [4.69, 9.17) is 0 Å². The minimum Gasteiger partial charge on any atom is -0.207 e. The fraction of sp³-hybridized carbons (Fsp3) is 0.286. The van der Waals surface area contributed by atoms with Crippen molar-refractivity contribution in [2.24, 2.45) is 0 Å². The van der Waals surface area contributed by atoms with Gasteiger partial charge in [-0.1, -0.05) is 18.2 Å². The lowest BCUT2D eigenvalue weighted by molar-refractivity contribution is 0.511. The second kappa shape index (κ2) is 5.07. The van der Waals surface area contributed by atoms with E-state index in [1.807, 2.05) is 17.5 Å². The van der Waals surface area contributed by atoms with E-state index in [1.165, 1.54) is 4.88 Å². The summed E-state index contributed by atoms with van der Waals surface area (Å²) in [6.45, 7) is 0. The quantitative estimate of drug-likeness (QED) is 0.945. The van der Waals surface area contributed by atoms with Crippen molar-refractivity contribution in [3.8, 4) is 0 Å². The molecule has 1 atom stereocenters. The minimum atomic E-state index is -3.43. The normalized spacial score (nSPS) is 19.1. The summed E-state index contributed by atoms with van der Waals surface area (Å²) in [5.41, 5.74) is 1.15. The first-order chi connectivity index (χ1) is 9.17. The molecule has 3 rings (SSSR count). The molecule has 1 aliphatic rings. The Hall–Kier alpha value is -1.17. The molecule has 1 aliphatic carbocycles. The van der Waals surface area contributed by atoms with Crippen LogP contribution in [0.4, 0.5) is 0 Å². The van der Waals surface area contributed by atoms with Crippen LogP contribution in [-0.4, -0.2) is 8.42 Å². The zero-order chi connectivity index (χ0) is 13.3. The highest BCUT2D eigenvalue weighted by atomic mass is 32.2. The number of thiophene rings is 1. The van der Waals surface area contributed by atoms with Crippen LogP contribution in [0.5, 0.6) is 0 Å². The van der Waals surface area contributed by atoms with Crippen molar-refractivity contribution in [2.75, 3.05) is 0 Å². The first-order valence-corrected chi connectivity index (χ1v) is 8.67. The second-order valence-corrected chi connectivity index (χ2v) is 7.39. The molecule has 0 amide bonds. The summed E-state index contributed by atoms with van der Waals surface area (Å²) in [6.07, 6.45) is 2.97. The van der Waals surface area contributed by atoms with Gasteiger partial charge in [0.2, 0.25) is 10.0 Å². The molecule has 100 valence electrons. The SMILES string of the molecule is O=S(=O)(NC1CCCc2sccc21)c1ccccc1. The van der Waals surface area contributed by atoms with Crippen LogP contribution in [0.25, 0.3) is 0 Å². The Balaban J connectivity index is 1.88. The van der Waals surface area contributed by atoms with Crippen LogP contribution in [-0.2, 0) is 16.4 Å². The monoisotopic (exact) mass is 293 g/mol. The lowest BCUT2D eigenvalue weighted by Gasteiger charge is -2.23. The highest BCUT2D eigenvalue weighted by Crippen LogP contribution is 2.34. The number of nitrogens with one attached hydrogen (secondary N) is 1. The molecule has 0 spiro atoms. The molecule has 1 aromatic carbocycles. The Morgan fingerprint density at radius 1 is 1.16 bits per heavy atom. The molecule has 5 heteroatoms. The molecule has 1 unspecified atom stereocenters. The number of fused-ring (bicyclic) bond motifs is 1. The third-order valence-corrected chi connectivity index (χ3v) is 5.89. The van der Waals surface area contributed by atoms with Crippen molar-refractivity contribution < 1.29 is 8.42 Å². The van der Waals surface area contributed by atoms with Gasteiger partial charge in [0.15, 0.2) is 0 Å². The lowest BCUT2D eigenvalue weighted by atomic mass is 9.95. The summed E-state index contributed by atoms with van der Waals surface area (Å²) in [5, 5.41) is 2.04. The number of sulfonamides is 1. The first-order valence-electron chi connectivity index (χ1n) is 6.30. The molecule has 3 nitrogen and oxygen atoms in total. The molecule has 0 bridgehead atoms.